The molecule has 0 spiro atoms. The molecule has 0 aromatic heterocycles. The molecule has 1 aromatic rings. The maximum Gasteiger partial charge on any atom is 0.360 e. The van der Waals surface area contributed by atoms with Crippen molar-refractivity contribution in [3.05, 3.63) is 30.3 Å². The molecule has 5 heteroatoms. The first-order chi connectivity index (χ1) is 8.83. The summed E-state index contributed by atoms with van der Waals surface area (Å²) in [5.74, 6) is 0.568. The van der Waals surface area contributed by atoms with Gasteiger partial charge in [-0.3, -0.25) is 4.18 Å². The summed E-state index contributed by atoms with van der Waals surface area (Å²) in [6.45, 7) is 2.69. The third-order valence-corrected chi connectivity index (χ3v) is 3.27. The Labute approximate surface area is 128 Å². The van der Waals surface area contributed by atoms with E-state index in [1.54, 1.807) is 12.1 Å². The second-order valence-electron chi connectivity index (χ2n) is 4.19. The summed E-state index contributed by atoms with van der Waals surface area (Å²) in [6.07, 6.45) is 7.12. The van der Waals surface area contributed by atoms with Gasteiger partial charge in [0.1, 0.15) is 5.75 Å². The van der Waals surface area contributed by atoms with Gasteiger partial charge in [-0.2, -0.15) is 4.21 Å². The second kappa shape index (κ2) is 12.6. The molecule has 0 radical (unpaired) electrons. The van der Waals surface area contributed by atoms with Crippen LogP contribution in [-0.4, -0.2) is 10.8 Å². The van der Waals surface area contributed by atoms with Crippen molar-refractivity contribution in [1.29, 1.82) is 0 Å². The normalized spacial score (nSPS) is 11.6. The zero-order valence-electron chi connectivity index (χ0n) is 11.3. The van der Waals surface area contributed by atoms with E-state index in [4.69, 9.17) is 8.37 Å². The molecular weight excluding hydrogens is 307 g/mol. The minimum atomic E-state index is -1.68. The first-order valence-electron chi connectivity index (χ1n) is 6.61. The number of unbranched alkanes of at least 4 members (excludes halogenated alkanes) is 5. The fourth-order valence-electron chi connectivity index (χ4n) is 1.59. The van der Waals surface area contributed by atoms with Gasteiger partial charge in [0.2, 0.25) is 0 Å². The zero-order chi connectivity index (χ0) is 13.1. The van der Waals surface area contributed by atoms with Gasteiger partial charge in [-0.25, -0.2) is 0 Å². The van der Waals surface area contributed by atoms with Crippen LogP contribution >= 0.6 is 0 Å². The van der Waals surface area contributed by atoms with E-state index in [9.17, 15) is 4.21 Å². The van der Waals surface area contributed by atoms with E-state index in [-0.39, 0.29) is 16.5 Å². The van der Waals surface area contributed by atoms with Crippen LogP contribution in [0.3, 0.4) is 0 Å². The summed E-state index contributed by atoms with van der Waals surface area (Å²) in [5.41, 5.74) is 0. The van der Waals surface area contributed by atoms with Gasteiger partial charge in [0, 0.05) is 16.5 Å². The largest absolute Gasteiger partial charge is 0.380 e. The number of rotatable bonds is 10. The summed E-state index contributed by atoms with van der Waals surface area (Å²) >= 11 is -1.68. The average Bonchev–Trinajstić information content (AvgIpc) is 2.39. The zero-order valence-corrected chi connectivity index (χ0v) is 13.1. The van der Waals surface area contributed by atoms with Gasteiger partial charge in [-0.05, 0) is 18.6 Å². The molecule has 1 atom stereocenters. The minimum Gasteiger partial charge on any atom is -0.380 e. The van der Waals surface area contributed by atoms with Crippen molar-refractivity contribution in [3.63, 3.8) is 0 Å². The molecule has 3 nitrogen and oxygen atoms in total. The predicted octanol–water partition coefficient (Wildman–Crippen LogP) is 4.02. The van der Waals surface area contributed by atoms with Gasteiger partial charge in [0.15, 0.2) is 0 Å². The van der Waals surface area contributed by atoms with Crippen molar-refractivity contribution in [1.82, 2.24) is 0 Å². The van der Waals surface area contributed by atoms with Crippen molar-refractivity contribution in [2.24, 2.45) is 0 Å². The van der Waals surface area contributed by atoms with E-state index in [1.165, 1.54) is 25.7 Å². The molecule has 0 aliphatic carbocycles. The van der Waals surface area contributed by atoms with Gasteiger partial charge < -0.3 is 4.18 Å². The van der Waals surface area contributed by atoms with E-state index < -0.39 is 11.4 Å². The van der Waals surface area contributed by atoms with Crippen molar-refractivity contribution in [3.8, 4) is 5.75 Å². The minimum absolute atomic E-state index is 0. The van der Waals surface area contributed by atoms with E-state index in [1.807, 2.05) is 18.2 Å². The third-order valence-electron chi connectivity index (χ3n) is 2.58. The Morgan fingerprint density at radius 2 is 1.63 bits per heavy atom. The molecule has 112 valence electrons. The molecule has 0 aliphatic rings. The van der Waals surface area contributed by atoms with Crippen LogP contribution in [0.2, 0.25) is 0 Å². The van der Waals surface area contributed by atoms with Gasteiger partial charge >= 0.3 is 11.4 Å². The van der Waals surface area contributed by atoms with Crippen molar-refractivity contribution >= 4 is 11.4 Å². The van der Waals surface area contributed by atoms with Crippen LogP contribution in [0.15, 0.2) is 30.3 Å². The maximum absolute atomic E-state index is 11.4. The Kier molecular flexibility index (Phi) is 12.4. The van der Waals surface area contributed by atoms with Gasteiger partial charge in [0.05, 0.1) is 6.61 Å². The SMILES string of the molecule is CCCCCCCCOS(=O)Oc1ccccc1.[Ni]. The summed E-state index contributed by atoms with van der Waals surface area (Å²) in [5, 5.41) is 0. The molecule has 19 heavy (non-hydrogen) atoms. The first-order valence-corrected chi connectivity index (χ1v) is 7.61. The van der Waals surface area contributed by atoms with Crippen molar-refractivity contribution < 1.29 is 29.1 Å². The van der Waals surface area contributed by atoms with Crippen molar-refractivity contribution in [2.75, 3.05) is 6.61 Å². The predicted molar refractivity (Wildman–Crippen MR) is 74.5 cm³/mol. The van der Waals surface area contributed by atoms with Crippen LogP contribution in [0.4, 0.5) is 0 Å². The van der Waals surface area contributed by atoms with Crippen LogP contribution in [-0.2, 0) is 32.0 Å². The number of hydrogen-bond donors (Lipinski definition) is 0. The second-order valence-corrected chi connectivity index (χ2v) is 5.00. The molecular formula is C14H22NiO3S. The van der Waals surface area contributed by atoms with Gasteiger partial charge in [0.25, 0.3) is 0 Å². The number of para-hydroxylation sites is 1. The molecule has 0 heterocycles. The van der Waals surface area contributed by atoms with E-state index in [2.05, 4.69) is 6.92 Å². The van der Waals surface area contributed by atoms with Crippen molar-refractivity contribution in [2.45, 2.75) is 45.4 Å². The topological polar surface area (TPSA) is 35.5 Å². The summed E-state index contributed by atoms with van der Waals surface area (Å²) in [6, 6.07) is 9.06. The summed E-state index contributed by atoms with van der Waals surface area (Å²) in [7, 11) is 0. The molecule has 0 amide bonds. The Morgan fingerprint density at radius 1 is 1.00 bits per heavy atom. The van der Waals surface area contributed by atoms with Gasteiger partial charge in [-0.1, -0.05) is 57.2 Å². The average molecular weight is 329 g/mol. The fourth-order valence-corrected chi connectivity index (χ4v) is 2.16. The molecule has 0 fully saturated rings. The molecule has 0 N–H and O–H groups in total. The van der Waals surface area contributed by atoms with Gasteiger partial charge in [-0.15, -0.1) is 0 Å². The smallest absolute Gasteiger partial charge is 0.360 e. The Bertz CT molecular complexity index is 333. The first kappa shape index (κ1) is 18.6. The third kappa shape index (κ3) is 10.1. The Morgan fingerprint density at radius 3 is 2.32 bits per heavy atom. The van der Waals surface area contributed by atoms with Crippen LogP contribution in [0.5, 0.6) is 5.75 Å². The Hall–Kier alpha value is -0.376. The van der Waals surface area contributed by atoms with Crippen LogP contribution < -0.4 is 4.18 Å². The number of hydrogen-bond acceptors (Lipinski definition) is 3. The molecule has 0 bridgehead atoms. The van der Waals surface area contributed by atoms with E-state index in [0.717, 1.165) is 12.8 Å². The molecule has 1 unspecified atom stereocenters. The van der Waals surface area contributed by atoms with Crippen LogP contribution in [0, 0.1) is 0 Å². The van der Waals surface area contributed by atoms with E-state index in [0.29, 0.717) is 12.4 Å². The summed E-state index contributed by atoms with van der Waals surface area (Å²) < 4.78 is 21.6. The maximum atomic E-state index is 11.4. The molecule has 0 saturated heterocycles. The fraction of sp³-hybridized carbons (Fsp3) is 0.571. The van der Waals surface area contributed by atoms with Crippen LogP contribution in [0.25, 0.3) is 0 Å². The monoisotopic (exact) mass is 328 g/mol. The Balaban J connectivity index is 0.00000324. The molecule has 0 aliphatic heterocycles. The number of benzene rings is 1. The molecule has 1 aromatic carbocycles. The molecule has 1 rings (SSSR count). The molecule has 0 saturated carbocycles. The quantitative estimate of drug-likeness (QED) is 0.480. The van der Waals surface area contributed by atoms with E-state index >= 15 is 0 Å². The summed E-state index contributed by atoms with van der Waals surface area (Å²) in [4.78, 5) is 0. The standard InChI is InChI=1S/C14H22O3S.Ni/c1-2-3-4-5-6-10-13-16-18(15)17-14-11-8-7-9-12-14;/h7-9,11-12H,2-6,10,13H2,1H3;. The van der Waals surface area contributed by atoms with Crippen LogP contribution in [0.1, 0.15) is 45.4 Å².